The van der Waals surface area contributed by atoms with Gasteiger partial charge in [-0.25, -0.2) is 4.98 Å². The van der Waals surface area contributed by atoms with Crippen LogP contribution in [0.5, 0.6) is 11.6 Å². The number of hydrogen-bond donors (Lipinski definition) is 0. The lowest BCUT2D eigenvalue weighted by molar-refractivity contribution is -0.275. The molecule has 0 N–H and O–H groups in total. The van der Waals surface area contributed by atoms with Crippen LogP contribution in [0.1, 0.15) is 11.3 Å². The molecule has 90 valence electrons. The minimum Gasteiger partial charge on any atom is -0.481 e. The molecule has 0 aliphatic heterocycles. The van der Waals surface area contributed by atoms with Crippen LogP contribution in [0.3, 0.4) is 0 Å². The van der Waals surface area contributed by atoms with Crippen LogP contribution >= 0.6 is 11.6 Å². The van der Waals surface area contributed by atoms with Crippen molar-refractivity contribution in [1.82, 2.24) is 4.98 Å². The molecule has 0 saturated carbocycles. The topological polar surface area (TPSA) is 31.4 Å². The van der Waals surface area contributed by atoms with Crippen LogP contribution in [0.25, 0.3) is 0 Å². The minimum atomic E-state index is -4.75. The van der Waals surface area contributed by atoms with Crippen LogP contribution in [0, 0.1) is 6.92 Å². The number of hydrogen-bond acceptors (Lipinski definition) is 3. The predicted octanol–water partition coefficient (Wildman–Crippen LogP) is 3.04. The first kappa shape index (κ1) is 12.9. The van der Waals surface area contributed by atoms with Gasteiger partial charge in [-0.1, -0.05) is 0 Å². The fraction of sp³-hybridized carbons (Fsp3) is 0.444. The van der Waals surface area contributed by atoms with Gasteiger partial charge in [0.15, 0.2) is 5.75 Å². The van der Waals surface area contributed by atoms with Gasteiger partial charge in [0.05, 0.1) is 18.7 Å². The molecule has 0 amide bonds. The summed E-state index contributed by atoms with van der Waals surface area (Å²) >= 11 is 5.55. The van der Waals surface area contributed by atoms with Crippen molar-refractivity contribution < 1.29 is 22.6 Å². The van der Waals surface area contributed by atoms with Gasteiger partial charge in [-0.15, -0.1) is 24.8 Å². The number of halogens is 4. The summed E-state index contributed by atoms with van der Waals surface area (Å²) in [6, 6.07) is 1.17. The van der Waals surface area contributed by atoms with E-state index >= 15 is 0 Å². The van der Waals surface area contributed by atoms with E-state index in [-0.39, 0.29) is 23.2 Å². The van der Waals surface area contributed by atoms with E-state index in [1.54, 1.807) is 0 Å². The maximum Gasteiger partial charge on any atom is 0.573 e. The molecule has 1 aromatic heterocycles. The molecule has 7 heteroatoms. The molecule has 1 heterocycles. The molecular formula is C9H9ClF3NO2. The van der Waals surface area contributed by atoms with Gasteiger partial charge in [0.1, 0.15) is 0 Å². The van der Waals surface area contributed by atoms with Crippen molar-refractivity contribution in [2.24, 2.45) is 0 Å². The van der Waals surface area contributed by atoms with Crippen LogP contribution in [0.4, 0.5) is 13.2 Å². The Kier molecular flexibility index (Phi) is 3.85. The summed E-state index contributed by atoms with van der Waals surface area (Å²) in [5.74, 6) is -0.184. The number of aromatic nitrogens is 1. The van der Waals surface area contributed by atoms with Gasteiger partial charge in [0, 0.05) is 5.56 Å². The molecule has 16 heavy (non-hydrogen) atoms. The molecule has 0 fully saturated rings. The summed E-state index contributed by atoms with van der Waals surface area (Å²) in [6.07, 6.45) is -4.75. The van der Waals surface area contributed by atoms with E-state index in [0.717, 1.165) is 0 Å². The zero-order valence-electron chi connectivity index (χ0n) is 8.56. The second kappa shape index (κ2) is 4.78. The molecule has 0 spiro atoms. The van der Waals surface area contributed by atoms with E-state index in [4.69, 9.17) is 16.3 Å². The highest BCUT2D eigenvalue weighted by Crippen LogP contribution is 2.30. The van der Waals surface area contributed by atoms with Crippen molar-refractivity contribution in [2.45, 2.75) is 19.2 Å². The lowest BCUT2D eigenvalue weighted by atomic mass is 10.2. The van der Waals surface area contributed by atoms with Crippen molar-refractivity contribution in [3.63, 3.8) is 0 Å². The number of rotatable bonds is 3. The predicted molar refractivity (Wildman–Crippen MR) is 51.8 cm³/mol. The van der Waals surface area contributed by atoms with Gasteiger partial charge < -0.3 is 9.47 Å². The maximum absolute atomic E-state index is 12.0. The number of aryl methyl sites for hydroxylation is 1. The lowest BCUT2D eigenvalue weighted by Gasteiger charge is -2.13. The van der Waals surface area contributed by atoms with Crippen LogP contribution in [-0.4, -0.2) is 18.5 Å². The zero-order valence-corrected chi connectivity index (χ0v) is 9.32. The Labute approximate surface area is 95.1 Å². The number of ether oxygens (including phenoxy) is 2. The number of pyridine rings is 1. The molecule has 1 rings (SSSR count). The van der Waals surface area contributed by atoms with Gasteiger partial charge in [0.2, 0.25) is 5.88 Å². The number of alkyl halides is 4. The minimum absolute atomic E-state index is 0.00926. The van der Waals surface area contributed by atoms with Crippen molar-refractivity contribution >= 4 is 11.6 Å². The van der Waals surface area contributed by atoms with Gasteiger partial charge in [-0.2, -0.15) is 0 Å². The SMILES string of the molecule is COc1nc(C)c(OC(F)(F)F)cc1CCl. The van der Waals surface area contributed by atoms with Crippen molar-refractivity contribution in [3.8, 4) is 11.6 Å². The highest BCUT2D eigenvalue weighted by molar-refractivity contribution is 6.17. The van der Waals surface area contributed by atoms with E-state index in [0.29, 0.717) is 5.56 Å². The molecule has 0 unspecified atom stereocenters. The smallest absolute Gasteiger partial charge is 0.481 e. The normalized spacial score (nSPS) is 11.4. The molecule has 0 radical (unpaired) electrons. The first-order valence-electron chi connectivity index (χ1n) is 4.23. The first-order valence-corrected chi connectivity index (χ1v) is 4.77. The molecule has 0 bridgehead atoms. The number of methoxy groups -OCH3 is 1. The van der Waals surface area contributed by atoms with Gasteiger partial charge in [0.25, 0.3) is 0 Å². The number of nitrogens with zero attached hydrogens (tertiary/aromatic N) is 1. The summed E-state index contributed by atoms with van der Waals surface area (Å²) < 4.78 is 44.7. The summed E-state index contributed by atoms with van der Waals surface area (Å²) in [5, 5.41) is 0. The summed E-state index contributed by atoms with van der Waals surface area (Å²) in [5.41, 5.74) is 0.428. The molecule has 0 aromatic carbocycles. The van der Waals surface area contributed by atoms with Crippen molar-refractivity contribution in [3.05, 3.63) is 17.3 Å². The van der Waals surface area contributed by atoms with Crippen molar-refractivity contribution in [1.29, 1.82) is 0 Å². The van der Waals surface area contributed by atoms with E-state index < -0.39 is 6.36 Å². The fourth-order valence-electron chi connectivity index (χ4n) is 1.10. The highest BCUT2D eigenvalue weighted by atomic mass is 35.5. The molecule has 0 aliphatic rings. The second-order valence-corrected chi connectivity index (χ2v) is 3.19. The summed E-state index contributed by atoms with van der Waals surface area (Å²) in [4.78, 5) is 3.81. The van der Waals surface area contributed by atoms with E-state index in [1.807, 2.05) is 0 Å². The Bertz CT molecular complexity index is 382. The fourth-order valence-corrected chi connectivity index (χ4v) is 1.30. The summed E-state index contributed by atoms with van der Waals surface area (Å²) in [7, 11) is 1.36. The zero-order chi connectivity index (χ0) is 12.3. The Hall–Kier alpha value is -1.17. The highest BCUT2D eigenvalue weighted by Gasteiger charge is 2.32. The molecule has 0 saturated heterocycles. The maximum atomic E-state index is 12.0. The van der Waals surface area contributed by atoms with Crippen LogP contribution in [0.15, 0.2) is 6.07 Å². The first-order chi connectivity index (χ1) is 7.37. The quantitative estimate of drug-likeness (QED) is 0.778. The van der Waals surface area contributed by atoms with E-state index in [9.17, 15) is 13.2 Å². The van der Waals surface area contributed by atoms with Gasteiger partial charge >= 0.3 is 6.36 Å². The Morgan fingerprint density at radius 3 is 2.50 bits per heavy atom. The van der Waals surface area contributed by atoms with Crippen LogP contribution < -0.4 is 9.47 Å². The third-order valence-corrected chi connectivity index (χ3v) is 2.06. The third-order valence-electron chi connectivity index (χ3n) is 1.77. The molecular weight excluding hydrogens is 247 g/mol. The molecule has 0 atom stereocenters. The Balaban J connectivity index is 3.11. The average molecular weight is 256 g/mol. The second-order valence-electron chi connectivity index (χ2n) is 2.92. The molecule has 1 aromatic rings. The summed E-state index contributed by atoms with van der Waals surface area (Å²) in [6.45, 7) is 1.39. The largest absolute Gasteiger partial charge is 0.573 e. The Morgan fingerprint density at radius 2 is 2.06 bits per heavy atom. The van der Waals surface area contributed by atoms with Gasteiger partial charge in [-0.3, -0.25) is 0 Å². The monoisotopic (exact) mass is 255 g/mol. The standard InChI is InChI=1S/C9H9ClF3NO2/c1-5-7(16-9(11,12)13)3-6(4-10)8(14-5)15-2/h3H,4H2,1-2H3. The average Bonchev–Trinajstić information content (AvgIpc) is 2.18. The third kappa shape index (κ3) is 3.16. The van der Waals surface area contributed by atoms with Gasteiger partial charge in [-0.05, 0) is 13.0 Å². The van der Waals surface area contributed by atoms with Crippen LogP contribution in [0.2, 0.25) is 0 Å². The van der Waals surface area contributed by atoms with Crippen molar-refractivity contribution in [2.75, 3.05) is 7.11 Å². The van der Waals surface area contributed by atoms with E-state index in [2.05, 4.69) is 9.72 Å². The molecule has 0 aliphatic carbocycles. The molecule has 3 nitrogen and oxygen atoms in total. The van der Waals surface area contributed by atoms with E-state index in [1.165, 1.54) is 20.1 Å². The van der Waals surface area contributed by atoms with Crippen LogP contribution in [-0.2, 0) is 5.88 Å². The Morgan fingerprint density at radius 1 is 1.44 bits per heavy atom. The lowest BCUT2D eigenvalue weighted by Crippen LogP contribution is -2.18.